The summed E-state index contributed by atoms with van der Waals surface area (Å²) < 4.78 is 0. The lowest BCUT2D eigenvalue weighted by Gasteiger charge is -2.50. The molecule has 2 rings (SSSR count). The van der Waals surface area contributed by atoms with Crippen molar-refractivity contribution in [2.75, 3.05) is 46.5 Å². The molecule has 0 radical (unpaired) electrons. The van der Waals surface area contributed by atoms with Gasteiger partial charge in [-0.3, -0.25) is 25.9 Å². The Balaban J connectivity index is 2.14. The van der Waals surface area contributed by atoms with Crippen LogP contribution in [0, 0.1) is 0 Å². The highest BCUT2D eigenvalue weighted by Gasteiger charge is 2.39. The molecule has 0 bridgehead atoms. The molecule has 7 nitrogen and oxygen atoms in total. The Hall–Kier alpha value is -1.25. The van der Waals surface area contributed by atoms with E-state index >= 15 is 0 Å². The second kappa shape index (κ2) is 6.47. The number of hydrogen-bond acceptors (Lipinski definition) is 7. The van der Waals surface area contributed by atoms with Crippen LogP contribution in [0.25, 0.3) is 0 Å². The van der Waals surface area contributed by atoms with Gasteiger partial charge in [-0.2, -0.15) is 0 Å². The van der Waals surface area contributed by atoms with Crippen LogP contribution >= 0.6 is 0 Å². The summed E-state index contributed by atoms with van der Waals surface area (Å²) in [6.07, 6.45) is 1.71. The van der Waals surface area contributed by atoms with Crippen molar-refractivity contribution in [3.8, 4) is 0 Å². The van der Waals surface area contributed by atoms with E-state index in [9.17, 15) is 0 Å². The number of anilines is 1. The highest BCUT2D eigenvalue weighted by Crippen LogP contribution is 2.18. The summed E-state index contributed by atoms with van der Waals surface area (Å²) in [5.74, 6) is -0.273. The van der Waals surface area contributed by atoms with Gasteiger partial charge in [0.25, 0.3) is 0 Å². The highest BCUT2D eigenvalue weighted by atomic mass is 15.6. The van der Waals surface area contributed by atoms with Gasteiger partial charge < -0.3 is 5.73 Å². The molecule has 2 heterocycles. The molecule has 112 valence electrons. The molecule has 1 aromatic heterocycles. The standard InChI is InChI=1S/C13H25N7/c1-15-13(16-2)10-20(17-3)7-6-19(13)9-12-5-4-11(14)8-18-12/h4-5,8,15-17H,6-7,9-10,14H2,1-3H3. The summed E-state index contributed by atoms with van der Waals surface area (Å²) in [7, 11) is 5.89. The molecule has 1 fully saturated rings. The maximum atomic E-state index is 5.69. The molecule has 7 heteroatoms. The van der Waals surface area contributed by atoms with Crippen LogP contribution in [0.5, 0.6) is 0 Å². The Kier molecular flexibility index (Phi) is 4.90. The fraction of sp³-hybridized carbons (Fsp3) is 0.615. The van der Waals surface area contributed by atoms with Crippen LogP contribution in [0.4, 0.5) is 5.69 Å². The number of rotatable bonds is 5. The van der Waals surface area contributed by atoms with Crippen molar-refractivity contribution in [3.05, 3.63) is 24.0 Å². The van der Waals surface area contributed by atoms with Gasteiger partial charge in [0.15, 0.2) is 0 Å². The quantitative estimate of drug-likeness (QED) is 0.515. The molecule has 0 aliphatic carbocycles. The zero-order valence-electron chi connectivity index (χ0n) is 12.5. The van der Waals surface area contributed by atoms with Crippen LogP contribution < -0.4 is 21.8 Å². The predicted octanol–water partition coefficient (Wildman–Crippen LogP) is -0.992. The molecule has 0 saturated carbocycles. The highest BCUT2D eigenvalue weighted by molar-refractivity contribution is 5.34. The molecule has 0 unspecified atom stereocenters. The SMILES string of the molecule is CNN1CCN(Cc2ccc(N)cn2)C(NC)(NC)C1. The van der Waals surface area contributed by atoms with Crippen LogP contribution in [0.15, 0.2) is 18.3 Å². The second-order valence-corrected chi connectivity index (χ2v) is 5.01. The number of nitrogens with two attached hydrogens (primary N) is 1. The molecule has 0 spiro atoms. The number of hydrogen-bond donors (Lipinski definition) is 4. The fourth-order valence-corrected chi connectivity index (χ4v) is 2.62. The van der Waals surface area contributed by atoms with Gasteiger partial charge in [-0.1, -0.05) is 0 Å². The Morgan fingerprint density at radius 1 is 1.25 bits per heavy atom. The van der Waals surface area contributed by atoms with Crippen LogP contribution in [0.1, 0.15) is 5.69 Å². The number of piperazine rings is 1. The third-order valence-corrected chi connectivity index (χ3v) is 3.94. The van der Waals surface area contributed by atoms with Crippen molar-refractivity contribution >= 4 is 5.69 Å². The van der Waals surface area contributed by atoms with E-state index in [2.05, 4.69) is 31.0 Å². The average Bonchev–Trinajstić information content (AvgIpc) is 2.50. The fourth-order valence-electron chi connectivity index (χ4n) is 2.62. The predicted molar refractivity (Wildman–Crippen MR) is 80.5 cm³/mol. The zero-order chi connectivity index (χ0) is 14.6. The van der Waals surface area contributed by atoms with Crippen LogP contribution in [0.3, 0.4) is 0 Å². The van der Waals surface area contributed by atoms with Gasteiger partial charge in [-0.25, -0.2) is 5.01 Å². The topological polar surface area (TPSA) is 81.5 Å². The van der Waals surface area contributed by atoms with Crippen molar-refractivity contribution < 1.29 is 0 Å². The lowest BCUT2D eigenvalue weighted by Crippen LogP contribution is -2.75. The monoisotopic (exact) mass is 279 g/mol. The van der Waals surface area contributed by atoms with Gasteiger partial charge >= 0.3 is 0 Å². The molecule has 1 aromatic rings. The van der Waals surface area contributed by atoms with Gasteiger partial charge in [0.05, 0.1) is 24.1 Å². The molecule has 0 atom stereocenters. The molecular formula is C13H25N7. The minimum Gasteiger partial charge on any atom is -0.397 e. The van der Waals surface area contributed by atoms with Crippen LogP contribution in [-0.4, -0.2) is 61.5 Å². The number of likely N-dealkylation sites (N-methyl/N-ethyl adjacent to an activating group) is 2. The van der Waals surface area contributed by atoms with Crippen molar-refractivity contribution in [1.82, 2.24) is 31.0 Å². The van der Waals surface area contributed by atoms with Gasteiger partial charge in [0, 0.05) is 19.6 Å². The number of nitrogen functional groups attached to an aromatic ring is 1. The first-order valence-electron chi connectivity index (χ1n) is 6.89. The van der Waals surface area contributed by atoms with Gasteiger partial charge in [-0.05, 0) is 33.3 Å². The Morgan fingerprint density at radius 3 is 2.55 bits per heavy atom. The normalized spacial score (nSPS) is 20.1. The van der Waals surface area contributed by atoms with Gasteiger partial charge in [0.2, 0.25) is 0 Å². The summed E-state index contributed by atoms with van der Waals surface area (Å²) in [5, 5.41) is 8.98. The summed E-state index contributed by atoms with van der Waals surface area (Å²) in [4.78, 5) is 6.75. The largest absolute Gasteiger partial charge is 0.397 e. The minimum absolute atomic E-state index is 0.273. The maximum Gasteiger partial charge on any atom is 0.140 e. The first kappa shape index (κ1) is 15.1. The number of nitrogens with one attached hydrogen (secondary N) is 3. The van der Waals surface area contributed by atoms with E-state index in [1.54, 1.807) is 6.20 Å². The van der Waals surface area contributed by atoms with Gasteiger partial charge in [-0.15, -0.1) is 0 Å². The molecule has 0 amide bonds. The summed E-state index contributed by atoms with van der Waals surface area (Å²) in [6.45, 7) is 3.52. The summed E-state index contributed by atoms with van der Waals surface area (Å²) in [5.41, 5.74) is 10.6. The first-order valence-corrected chi connectivity index (χ1v) is 6.89. The van der Waals surface area contributed by atoms with E-state index in [0.29, 0.717) is 5.69 Å². The lowest BCUT2D eigenvalue weighted by molar-refractivity contribution is -0.0603. The summed E-state index contributed by atoms with van der Waals surface area (Å²) in [6, 6.07) is 3.88. The van der Waals surface area contributed by atoms with Crippen LogP contribution in [0.2, 0.25) is 0 Å². The average molecular weight is 279 g/mol. The molecule has 1 saturated heterocycles. The van der Waals surface area contributed by atoms with Crippen molar-refractivity contribution in [3.63, 3.8) is 0 Å². The maximum absolute atomic E-state index is 5.69. The number of hydrazine groups is 1. The third kappa shape index (κ3) is 3.08. The lowest BCUT2D eigenvalue weighted by atomic mass is 10.1. The first-order chi connectivity index (χ1) is 9.63. The number of nitrogens with zero attached hydrogens (tertiary/aromatic N) is 3. The van der Waals surface area contributed by atoms with Gasteiger partial charge in [0.1, 0.15) is 5.79 Å². The Bertz CT molecular complexity index is 415. The minimum atomic E-state index is -0.273. The van der Waals surface area contributed by atoms with E-state index in [-0.39, 0.29) is 5.79 Å². The van der Waals surface area contributed by atoms with E-state index in [1.165, 1.54) is 0 Å². The summed E-state index contributed by atoms with van der Waals surface area (Å²) >= 11 is 0. The molecule has 5 N–H and O–H groups in total. The Labute approximate surface area is 120 Å². The molecule has 20 heavy (non-hydrogen) atoms. The smallest absolute Gasteiger partial charge is 0.140 e. The third-order valence-electron chi connectivity index (χ3n) is 3.94. The van der Waals surface area contributed by atoms with E-state index < -0.39 is 0 Å². The van der Waals surface area contributed by atoms with Crippen molar-refractivity contribution in [2.45, 2.75) is 12.3 Å². The molecule has 1 aliphatic heterocycles. The number of pyridine rings is 1. The van der Waals surface area contributed by atoms with Crippen molar-refractivity contribution in [2.24, 2.45) is 0 Å². The Morgan fingerprint density at radius 2 is 2.00 bits per heavy atom. The zero-order valence-corrected chi connectivity index (χ0v) is 12.5. The van der Waals surface area contributed by atoms with E-state index in [1.807, 2.05) is 33.3 Å². The van der Waals surface area contributed by atoms with E-state index in [4.69, 9.17) is 5.73 Å². The van der Waals surface area contributed by atoms with Crippen LogP contribution in [-0.2, 0) is 6.54 Å². The van der Waals surface area contributed by atoms with E-state index in [0.717, 1.165) is 31.9 Å². The number of aromatic nitrogens is 1. The molecule has 1 aliphatic rings. The molecule has 0 aromatic carbocycles. The van der Waals surface area contributed by atoms with Crippen molar-refractivity contribution in [1.29, 1.82) is 0 Å². The second-order valence-electron chi connectivity index (χ2n) is 5.01. The molecular weight excluding hydrogens is 254 g/mol.